The first-order valence-corrected chi connectivity index (χ1v) is 11.0. The number of hydrogen-bond donors (Lipinski definition) is 1. The zero-order chi connectivity index (χ0) is 23.0. The van der Waals surface area contributed by atoms with E-state index in [1.54, 1.807) is 18.2 Å². The maximum absolute atomic E-state index is 13.4. The molecule has 1 saturated heterocycles. The fraction of sp³-hybridized carbons (Fsp3) is 0.320. The van der Waals surface area contributed by atoms with Crippen molar-refractivity contribution in [3.8, 4) is 0 Å². The Kier molecular flexibility index (Phi) is 5.52. The third kappa shape index (κ3) is 4.29. The topological polar surface area (TPSA) is 48.7 Å². The molecule has 5 rings (SSSR count). The number of hydrogen-bond acceptors (Lipinski definition) is 4. The number of amides is 1. The van der Waals surface area contributed by atoms with Gasteiger partial charge in [-0.1, -0.05) is 18.2 Å². The largest absolute Gasteiger partial charge is 0.467 e. The zero-order valence-corrected chi connectivity index (χ0v) is 17.9. The summed E-state index contributed by atoms with van der Waals surface area (Å²) in [6.07, 6.45) is -2.63. The molecule has 33 heavy (non-hydrogen) atoms. The van der Waals surface area contributed by atoms with Gasteiger partial charge in [-0.15, -0.1) is 0 Å². The molecule has 2 aromatic carbocycles. The lowest BCUT2D eigenvalue weighted by atomic mass is 9.82. The predicted octanol–water partition coefficient (Wildman–Crippen LogP) is 4.48. The second kappa shape index (κ2) is 8.50. The Bertz CT molecular complexity index is 1120. The molecule has 1 N–H and O–H groups in total. The van der Waals surface area contributed by atoms with Gasteiger partial charge in [-0.05, 0) is 54.4 Å². The standard InChI is InChI=1S/C25H24F3N3O2/c26-25(27,28)18-8-9-22-17(13-18)14-21(24(32)29-15-20-7-4-12-33-20)23-16-30(10-11-31(22)23)19-5-2-1-3-6-19/h1-9,12-13,21,23H,10-11,14-16H2,(H,29,32)/t21-,23-/m1/s1. The number of carbonyl (C=O) groups excluding carboxylic acids is 1. The second-order valence-corrected chi connectivity index (χ2v) is 8.49. The van der Waals surface area contributed by atoms with E-state index in [9.17, 15) is 18.0 Å². The summed E-state index contributed by atoms with van der Waals surface area (Å²) in [5.41, 5.74) is 1.74. The number of halogens is 3. The van der Waals surface area contributed by atoms with E-state index in [4.69, 9.17) is 4.42 Å². The van der Waals surface area contributed by atoms with Gasteiger partial charge in [0.1, 0.15) is 5.76 Å². The second-order valence-electron chi connectivity index (χ2n) is 8.49. The Labute approximate surface area is 189 Å². The first-order valence-electron chi connectivity index (χ1n) is 11.0. The summed E-state index contributed by atoms with van der Waals surface area (Å²) in [5.74, 6) is -0.0350. The Hall–Kier alpha value is -3.42. The van der Waals surface area contributed by atoms with E-state index in [0.29, 0.717) is 24.4 Å². The van der Waals surface area contributed by atoms with E-state index in [-0.39, 0.29) is 24.9 Å². The van der Waals surface area contributed by atoms with Crippen LogP contribution in [-0.2, 0) is 23.9 Å². The number of piperazine rings is 1. The van der Waals surface area contributed by atoms with Gasteiger partial charge < -0.3 is 19.5 Å². The maximum Gasteiger partial charge on any atom is 0.416 e. The summed E-state index contributed by atoms with van der Waals surface area (Å²) in [4.78, 5) is 17.6. The lowest BCUT2D eigenvalue weighted by Gasteiger charge is -2.49. The van der Waals surface area contributed by atoms with Gasteiger partial charge in [-0.2, -0.15) is 13.2 Å². The van der Waals surface area contributed by atoms with Crippen LogP contribution in [0.1, 0.15) is 16.9 Å². The van der Waals surface area contributed by atoms with Gasteiger partial charge in [0.15, 0.2) is 0 Å². The fourth-order valence-electron chi connectivity index (χ4n) is 4.89. The zero-order valence-electron chi connectivity index (χ0n) is 17.9. The van der Waals surface area contributed by atoms with Crippen LogP contribution in [0.25, 0.3) is 0 Å². The molecule has 3 aromatic rings. The number of benzene rings is 2. The summed E-state index contributed by atoms with van der Waals surface area (Å²) < 4.78 is 45.4. The van der Waals surface area contributed by atoms with Crippen LogP contribution < -0.4 is 15.1 Å². The molecule has 1 amide bonds. The van der Waals surface area contributed by atoms with E-state index >= 15 is 0 Å². The first kappa shape index (κ1) is 21.4. The van der Waals surface area contributed by atoms with Crippen molar-refractivity contribution < 1.29 is 22.4 Å². The molecule has 0 aliphatic carbocycles. The van der Waals surface area contributed by atoms with Crippen LogP contribution in [0.2, 0.25) is 0 Å². The number of para-hydroxylation sites is 1. The van der Waals surface area contributed by atoms with E-state index in [0.717, 1.165) is 24.0 Å². The van der Waals surface area contributed by atoms with Crippen LogP contribution in [0.3, 0.4) is 0 Å². The van der Waals surface area contributed by atoms with Crippen molar-refractivity contribution in [1.82, 2.24) is 5.32 Å². The predicted molar refractivity (Wildman–Crippen MR) is 119 cm³/mol. The number of furan rings is 1. The van der Waals surface area contributed by atoms with Crippen LogP contribution in [0.15, 0.2) is 71.3 Å². The Morgan fingerprint density at radius 3 is 2.61 bits per heavy atom. The number of nitrogens with one attached hydrogen (secondary N) is 1. The number of anilines is 2. The maximum atomic E-state index is 13.4. The van der Waals surface area contributed by atoms with Crippen LogP contribution in [0.5, 0.6) is 0 Å². The summed E-state index contributed by atoms with van der Waals surface area (Å²) in [6, 6.07) is 17.2. The molecule has 2 aliphatic rings. The van der Waals surface area contributed by atoms with E-state index < -0.39 is 17.7 Å². The Morgan fingerprint density at radius 2 is 1.88 bits per heavy atom. The molecule has 1 fully saturated rings. The van der Waals surface area contributed by atoms with Gasteiger partial charge in [-0.3, -0.25) is 4.79 Å². The number of nitrogens with zero attached hydrogens (tertiary/aromatic N) is 2. The lowest BCUT2D eigenvalue weighted by molar-refractivity contribution is -0.137. The average molecular weight is 455 g/mol. The third-order valence-electron chi connectivity index (χ3n) is 6.51. The highest BCUT2D eigenvalue weighted by Gasteiger charge is 2.42. The van der Waals surface area contributed by atoms with Crippen molar-refractivity contribution in [3.63, 3.8) is 0 Å². The van der Waals surface area contributed by atoms with Crippen molar-refractivity contribution >= 4 is 17.3 Å². The van der Waals surface area contributed by atoms with Crippen molar-refractivity contribution in [3.05, 3.63) is 83.8 Å². The lowest BCUT2D eigenvalue weighted by Crippen LogP contribution is -2.61. The highest BCUT2D eigenvalue weighted by Crippen LogP contribution is 2.40. The molecule has 0 unspecified atom stereocenters. The van der Waals surface area contributed by atoms with Gasteiger partial charge >= 0.3 is 6.18 Å². The fourth-order valence-corrected chi connectivity index (χ4v) is 4.89. The number of carbonyl (C=O) groups is 1. The third-order valence-corrected chi connectivity index (χ3v) is 6.51. The molecular weight excluding hydrogens is 431 g/mol. The molecular formula is C25H24F3N3O2. The smallest absolute Gasteiger partial charge is 0.416 e. The molecule has 0 spiro atoms. The first-order chi connectivity index (χ1) is 15.9. The molecule has 0 bridgehead atoms. The van der Waals surface area contributed by atoms with Crippen LogP contribution >= 0.6 is 0 Å². The number of rotatable bonds is 4. The van der Waals surface area contributed by atoms with Gasteiger partial charge in [0, 0.05) is 31.0 Å². The van der Waals surface area contributed by atoms with Crippen molar-refractivity contribution in [1.29, 1.82) is 0 Å². The summed E-state index contributed by atoms with van der Waals surface area (Å²) in [5, 5.41) is 2.92. The molecule has 3 heterocycles. The number of fused-ring (bicyclic) bond motifs is 3. The molecule has 0 saturated carbocycles. The van der Waals surface area contributed by atoms with Crippen LogP contribution in [0.4, 0.5) is 24.5 Å². The van der Waals surface area contributed by atoms with E-state index in [1.165, 1.54) is 12.3 Å². The minimum absolute atomic E-state index is 0.153. The van der Waals surface area contributed by atoms with Crippen LogP contribution in [-0.4, -0.2) is 31.6 Å². The molecule has 0 radical (unpaired) electrons. The van der Waals surface area contributed by atoms with Gasteiger partial charge in [0.25, 0.3) is 0 Å². The van der Waals surface area contributed by atoms with Crippen LogP contribution in [0, 0.1) is 5.92 Å². The Morgan fingerprint density at radius 1 is 1.06 bits per heavy atom. The molecule has 8 heteroatoms. The molecule has 172 valence electrons. The normalized spacial score (nSPS) is 20.2. The SMILES string of the molecule is O=C(NCc1ccco1)[C@@H]1Cc2cc(C(F)(F)F)ccc2N2CCN(c3ccccc3)C[C@H]12. The Balaban J connectivity index is 1.45. The van der Waals surface area contributed by atoms with Gasteiger partial charge in [0.05, 0.1) is 30.3 Å². The highest BCUT2D eigenvalue weighted by molar-refractivity contribution is 5.82. The van der Waals surface area contributed by atoms with Crippen molar-refractivity contribution in [2.24, 2.45) is 5.92 Å². The van der Waals surface area contributed by atoms with E-state index in [2.05, 4.69) is 15.1 Å². The monoisotopic (exact) mass is 455 g/mol. The van der Waals surface area contributed by atoms with E-state index in [1.807, 2.05) is 30.3 Å². The quantitative estimate of drug-likeness (QED) is 0.630. The highest BCUT2D eigenvalue weighted by atomic mass is 19.4. The molecule has 2 aliphatic heterocycles. The van der Waals surface area contributed by atoms with Gasteiger partial charge in [0.2, 0.25) is 5.91 Å². The molecule has 1 aromatic heterocycles. The average Bonchev–Trinajstić information content (AvgIpc) is 3.35. The minimum Gasteiger partial charge on any atom is -0.467 e. The molecule has 2 atom stereocenters. The van der Waals surface area contributed by atoms with Crippen molar-refractivity contribution in [2.75, 3.05) is 29.4 Å². The van der Waals surface area contributed by atoms with Gasteiger partial charge in [-0.25, -0.2) is 0 Å². The summed E-state index contributed by atoms with van der Waals surface area (Å²) in [6.45, 7) is 2.21. The molecule has 5 nitrogen and oxygen atoms in total. The number of alkyl halides is 3. The summed E-state index contributed by atoms with van der Waals surface area (Å²) in [7, 11) is 0. The minimum atomic E-state index is -4.42. The van der Waals surface area contributed by atoms with Crippen molar-refractivity contribution in [2.45, 2.75) is 25.2 Å². The summed E-state index contributed by atoms with van der Waals surface area (Å²) >= 11 is 0.